The summed E-state index contributed by atoms with van der Waals surface area (Å²) in [7, 11) is 0. The van der Waals surface area contributed by atoms with Gasteiger partial charge < -0.3 is 5.11 Å². The van der Waals surface area contributed by atoms with Crippen molar-refractivity contribution in [2.75, 3.05) is 0 Å². The number of hydrogen-bond donors (Lipinski definition) is 2. The van der Waals surface area contributed by atoms with Gasteiger partial charge in [-0.2, -0.15) is 0 Å². The number of thiol groups is 1. The molecule has 0 unspecified atom stereocenters. The molecule has 0 aromatic heterocycles. The van der Waals surface area contributed by atoms with E-state index in [-0.39, 0.29) is 16.9 Å². The van der Waals surface area contributed by atoms with Crippen LogP contribution in [0.2, 0.25) is 0 Å². The molecule has 1 N–H and O–H groups in total. The highest BCUT2D eigenvalue weighted by Crippen LogP contribution is 2.30. The van der Waals surface area contributed by atoms with Crippen molar-refractivity contribution in [3.05, 3.63) is 23.3 Å². The van der Waals surface area contributed by atoms with Crippen LogP contribution in [0.1, 0.15) is 43.1 Å². The van der Waals surface area contributed by atoms with E-state index in [1.165, 1.54) is 0 Å². The van der Waals surface area contributed by atoms with Crippen LogP contribution in [0.3, 0.4) is 0 Å². The van der Waals surface area contributed by atoms with E-state index in [0.717, 1.165) is 0 Å². The molecule has 0 saturated carbocycles. The van der Waals surface area contributed by atoms with Gasteiger partial charge in [-0.1, -0.05) is 20.8 Å². The van der Waals surface area contributed by atoms with E-state index in [1.807, 2.05) is 20.8 Å². The molecule has 1 rings (SSSR count). The average Bonchev–Trinajstić information content (AvgIpc) is 2.11. The van der Waals surface area contributed by atoms with Crippen LogP contribution >= 0.6 is 12.6 Å². The zero-order chi connectivity index (χ0) is 12.5. The summed E-state index contributed by atoms with van der Waals surface area (Å²) in [6.45, 7) is 7.76. The monoisotopic (exact) mass is 238 g/mol. The lowest BCUT2D eigenvalue weighted by atomic mass is 9.87. The molecule has 0 bridgehead atoms. The average molecular weight is 238 g/mol. The SMILES string of the molecule is Cc1c(S)ccc(C(=O)CC(C)(C)C)c1O. The van der Waals surface area contributed by atoms with E-state index in [9.17, 15) is 9.90 Å². The molecular weight excluding hydrogens is 220 g/mol. The Morgan fingerprint density at radius 1 is 1.38 bits per heavy atom. The van der Waals surface area contributed by atoms with Gasteiger partial charge >= 0.3 is 0 Å². The number of benzene rings is 1. The molecule has 0 fully saturated rings. The van der Waals surface area contributed by atoms with Crippen molar-refractivity contribution in [1.82, 2.24) is 0 Å². The minimum absolute atomic E-state index is 0.0265. The van der Waals surface area contributed by atoms with Gasteiger partial charge in [-0.25, -0.2) is 0 Å². The van der Waals surface area contributed by atoms with Gasteiger partial charge in [0.05, 0.1) is 5.56 Å². The molecule has 1 aromatic carbocycles. The zero-order valence-corrected chi connectivity index (χ0v) is 11.1. The maximum absolute atomic E-state index is 12.0. The van der Waals surface area contributed by atoms with E-state index >= 15 is 0 Å². The Kier molecular flexibility index (Phi) is 3.68. The third kappa shape index (κ3) is 3.01. The quantitative estimate of drug-likeness (QED) is 0.610. The summed E-state index contributed by atoms with van der Waals surface area (Å²) in [5.41, 5.74) is 0.977. The molecule has 1 aromatic rings. The number of ketones is 1. The zero-order valence-electron chi connectivity index (χ0n) is 10.2. The molecule has 0 atom stereocenters. The minimum Gasteiger partial charge on any atom is -0.507 e. The number of hydrogen-bond acceptors (Lipinski definition) is 3. The molecule has 3 heteroatoms. The molecule has 0 aliphatic heterocycles. The Hall–Kier alpha value is -0.960. The fourth-order valence-corrected chi connectivity index (χ4v) is 1.67. The second-order valence-corrected chi connectivity index (χ2v) is 5.75. The molecule has 88 valence electrons. The van der Waals surface area contributed by atoms with Gasteiger partial charge in [0, 0.05) is 16.9 Å². The predicted molar refractivity (Wildman–Crippen MR) is 68.5 cm³/mol. The summed E-state index contributed by atoms with van der Waals surface area (Å²) >= 11 is 4.20. The van der Waals surface area contributed by atoms with Crippen LogP contribution in [0.15, 0.2) is 17.0 Å². The first kappa shape index (κ1) is 13.1. The number of carbonyl (C=O) groups excluding carboxylic acids is 1. The first-order valence-corrected chi connectivity index (χ1v) is 5.72. The van der Waals surface area contributed by atoms with E-state index in [4.69, 9.17) is 0 Å². The van der Waals surface area contributed by atoms with Gasteiger partial charge in [-0.3, -0.25) is 4.79 Å². The van der Waals surface area contributed by atoms with Crippen LogP contribution in [0.5, 0.6) is 5.75 Å². The van der Waals surface area contributed by atoms with E-state index in [0.29, 0.717) is 22.4 Å². The van der Waals surface area contributed by atoms with E-state index < -0.39 is 0 Å². The van der Waals surface area contributed by atoms with Crippen LogP contribution in [-0.2, 0) is 0 Å². The highest BCUT2D eigenvalue weighted by molar-refractivity contribution is 7.80. The van der Waals surface area contributed by atoms with Gasteiger partial charge in [0.1, 0.15) is 5.75 Å². The van der Waals surface area contributed by atoms with Crippen LogP contribution < -0.4 is 0 Å². The lowest BCUT2D eigenvalue weighted by Gasteiger charge is -2.17. The Balaban J connectivity index is 3.06. The number of phenolic OH excluding ortho intramolecular Hbond substituents is 1. The van der Waals surface area contributed by atoms with E-state index in [1.54, 1.807) is 19.1 Å². The summed E-state index contributed by atoms with van der Waals surface area (Å²) < 4.78 is 0. The van der Waals surface area contributed by atoms with Crippen molar-refractivity contribution < 1.29 is 9.90 Å². The Bertz CT molecular complexity index is 417. The van der Waals surface area contributed by atoms with Crippen LogP contribution in [0.4, 0.5) is 0 Å². The predicted octanol–water partition coefficient (Wildman–Crippen LogP) is 3.61. The molecule has 0 spiro atoms. The highest BCUT2D eigenvalue weighted by Gasteiger charge is 2.20. The maximum atomic E-state index is 12.0. The number of Topliss-reactive ketones (excluding diaryl/α,β-unsaturated/α-hetero) is 1. The normalized spacial score (nSPS) is 11.6. The van der Waals surface area contributed by atoms with Crippen molar-refractivity contribution in [3.8, 4) is 5.75 Å². The Labute approximate surface area is 102 Å². The summed E-state index contributed by atoms with van der Waals surface area (Å²) in [5.74, 6) is 0.0307. The molecule has 0 amide bonds. The number of aromatic hydroxyl groups is 1. The third-order valence-corrected chi connectivity index (χ3v) is 2.88. The number of rotatable bonds is 2. The highest BCUT2D eigenvalue weighted by atomic mass is 32.1. The molecule has 2 nitrogen and oxygen atoms in total. The molecule has 0 aliphatic carbocycles. The second kappa shape index (κ2) is 4.50. The summed E-state index contributed by atoms with van der Waals surface area (Å²) in [5, 5.41) is 9.88. The van der Waals surface area contributed by atoms with E-state index in [2.05, 4.69) is 12.6 Å². The molecule has 0 aliphatic rings. The third-order valence-electron chi connectivity index (χ3n) is 2.39. The van der Waals surface area contributed by atoms with Gasteiger partial charge in [-0.05, 0) is 24.5 Å². The first-order chi connectivity index (χ1) is 7.22. The number of phenols is 1. The van der Waals surface area contributed by atoms with Crippen LogP contribution in [-0.4, -0.2) is 10.9 Å². The van der Waals surface area contributed by atoms with Crippen molar-refractivity contribution in [1.29, 1.82) is 0 Å². The molecule has 0 heterocycles. The summed E-state index contributed by atoms with van der Waals surface area (Å²) in [6, 6.07) is 3.38. The second-order valence-electron chi connectivity index (χ2n) is 5.27. The van der Waals surface area contributed by atoms with Gasteiger partial charge in [-0.15, -0.1) is 12.6 Å². The molecule has 0 saturated heterocycles. The smallest absolute Gasteiger partial charge is 0.167 e. The maximum Gasteiger partial charge on any atom is 0.167 e. The lowest BCUT2D eigenvalue weighted by Crippen LogP contribution is -2.13. The molecule has 16 heavy (non-hydrogen) atoms. The molecular formula is C13H18O2S. The van der Waals surface area contributed by atoms with Crippen molar-refractivity contribution in [2.45, 2.75) is 39.0 Å². The lowest BCUT2D eigenvalue weighted by molar-refractivity contribution is 0.0937. The van der Waals surface area contributed by atoms with Crippen molar-refractivity contribution in [3.63, 3.8) is 0 Å². The topological polar surface area (TPSA) is 37.3 Å². The van der Waals surface area contributed by atoms with Gasteiger partial charge in [0.2, 0.25) is 0 Å². The Morgan fingerprint density at radius 3 is 2.44 bits per heavy atom. The first-order valence-electron chi connectivity index (χ1n) is 5.27. The fraction of sp³-hybridized carbons (Fsp3) is 0.462. The largest absolute Gasteiger partial charge is 0.507 e. The Morgan fingerprint density at radius 2 is 1.94 bits per heavy atom. The summed E-state index contributed by atoms with van der Waals surface area (Å²) in [4.78, 5) is 12.7. The van der Waals surface area contributed by atoms with Crippen molar-refractivity contribution in [2.24, 2.45) is 5.41 Å². The number of carbonyl (C=O) groups is 1. The minimum atomic E-state index is -0.0724. The molecule has 0 radical (unpaired) electrons. The van der Waals surface area contributed by atoms with Crippen LogP contribution in [0.25, 0.3) is 0 Å². The summed E-state index contributed by atoms with van der Waals surface area (Å²) in [6.07, 6.45) is 0.423. The fourth-order valence-electron chi connectivity index (χ4n) is 1.49. The van der Waals surface area contributed by atoms with Crippen LogP contribution in [0, 0.1) is 12.3 Å². The van der Waals surface area contributed by atoms with Gasteiger partial charge in [0.15, 0.2) is 5.78 Å². The van der Waals surface area contributed by atoms with Crippen molar-refractivity contribution >= 4 is 18.4 Å². The van der Waals surface area contributed by atoms with Gasteiger partial charge in [0.25, 0.3) is 0 Å². The standard InChI is InChI=1S/C13H18O2S/c1-8-11(16)6-5-9(12(8)15)10(14)7-13(2,3)4/h5-6,15-16H,7H2,1-4H3.